The van der Waals surface area contributed by atoms with Crippen LogP contribution >= 0.6 is 23.8 Å². The van der Waals surface area contributed by atoms with Crippen molar-refractivity contribution in [2.24, 2.45) is 0 Å². The number of amides is 1. The highest BCUT2D eigenvalue weighted by atomic mass is 35.5. The van der Waals surface area contributed by atoms with Crippen molar-refractivity contribution in [1.29, 1.82) is 0 Å². The molecule has 0 heterocycles. The van der Waals surface area contributed by atoms with E-state index in [4.69, 9.17) is 33.3 Å². The number of anilines is 1. The molecule has 1 amide bonds. The van der Waals surface area contributed by atoms with Crippen LogP contribution in [0.1, 0.15) is 10.4 Å². The maximum atomic E-state index is 12.2. The fraction of sp³-hybridized carbons (Fsp3) is 0.125. The van der Waals surface area contributed by atoms with Crippen LogP contribution in [-0.2, 0) is 0 Å². The molecule has 2 aromatic rings. The van der Waals surface area contributed by atoms with Crippen LogP contribution in [0.5, 0.6) is 11.5 Å². The van der Waals surface area contributed by atoms with Crippen molar-refractivity contribution < 1.29 is 14.3 Å². The second-order valence-electron chi connectivity index (χ2n) is 4.48. The number of carbonyl (C=O) groups excluding carboxylic acids is 1. The number of hydrogen-bond donors (Lipinski definition) is 2. The number of halogens is 1. The average molecular weight is 351 g/mol. The van der Waals surface area contributed by atoms with Crippen LogP contribution in [0.2, 0.25) is 5.02 Å². The molecular weight excluding hydrogens is 336 g/mol. The second kappa shape index (κ2) is 7.80. The Balaban J connectivity index is 2.03. The van der Waals surface area contributed by atoms with Gasteiger partial charge in [0.15, 0.2) is 16.6 Å². The summed E-state index contributed by atoms with van der Waals surface area (Å²) in [7, 11) is 3.04. The lowest BCUT2D eigenvalue weighted by atomic mass is 10.2. The summed E-state index contributed by atoms with van der Waals surface area (Å²) >= 11 is 10.9. The van der Waals surface area contributed by atoms with E-state index in [0.717, 1.165) is 5.69 Å². The fourth-order valence-corrected chi connectivity index (χ4v) is 2.18. The van der Waals surface area contributed by atoms with Gasteiger partial charge in [0.05, 0.1) is 14.2 Å². The van der Waals surface area contributed by atoms with Gasteiger partial charge in [-0.3, -0.25) is 10.1 Å². The summed E-state index contributed by atoms with van der Waals surface area (Å²) in [6.45, 7) is 0. The predicted molar refractivity (Wildman–Crippen MR) is 94.7 cm³/mol. The summed E-state index contributed by atoms with van der Waals surface area (Å²) in [6, 6.07) is 11.8. The lowest BCUT2D eigenvalue weighted by molar-refractivity contribution is 0.0977. The Morgan fingerprint density at radius 1 is 1.04 bits per heavy atom. The van der Waals surface area contributed by atoms with Crippen LogP contribution in [0, 0.1) is 0 Å². The van der Waals surface area contributed by atoms with Gasteiger partial charge in [0.25, 0.3) is 5.91 Å². The van der Waals surface area contributed by atoms with Gasteiger partial charge in [-0.15, -0.1) is 0 Å². The first-order valence-electron chi connectivity index (χ1n) is 6.63. The van der Waals surface area contributed by atoms with E-state index >= 15 is 0 Å². The number of methoxy groups -OCH3 is 2. The first-order valence-corrected chi connectivity index (χ1v) is 7.42. The highest BCUT2D eigenvalue weighted by molar-refractivity contribution is 7.80. The van der Waals surface area contributed by atoms with Crippen molar-refractivity contribution >= 4 is 40.5 Å². The quantitative estimate of drug-likeness (QED) is 0.827. The zero-order chi connectivity index (χ0) is 16.8. The van der Waals surface area contributed by atoms with Gasteiger partial charge in [0, 0.05) is 16.3 Å². The van der Waals surface area contributed by atoms with Gasteiger partial charge in [-0.2, -0.15) is 0 Å². The molecule has 0 radical (unpaired) electrons. The van der Waals surface area contributed by atoms with Gasteiger partial charge in [0.1, 0.15) is 0 Å². The van der Waals surface area contributed by atoms with Gasteiger partial charge < -0.3 is 14.8 Å². The Labute approximate surface area is 144 Å². The largest absolute Gasteiger partial charge is 0.493 e. The van der Waals surface area contributed by atoms with Crippen LogP contribution in [0.4, 0.5) is 5.69 Å². The maximum Gasteiger partial charge on any atom is 0.257 e. The molecule has 0 atom stereocenters. The van der Waals surface area contributed by atoms with Gasteiger partial charge >= 0.3 is 0 Å². The molecule has 23 heavy (non-hydrogen) atoms. The number of ether oxygens (including phenoxy) is 2. The monoisotopic (exact) mass is 350 g/mol. The minimum atomic E-state index is -0.350. The number of carbonyl (C=O) groups is 1. The van der Waals surface area contributed by atoms with E-state index in [1.54, 1.807) is 42.5 Å². The number of benzene rings is 2. The molecule has 2 N–H and O–H groups in total. The standard InChI is InChI=1S/C16H15ClN2O3S/c1-21-13-8-3-10(9-14(13)22-2)15(20)19-16(23)18-12-6-4-11(17)5-7-12/h3-9H,1-2H3,(H2,18,19,20,23). The Hall–Kier alpha value is -2.31. The van der Waals surface area contributed by atoms with E-state index in [1.807, 2.05) is 0 Å². The van der Waals surface area contributed by atoms with Crippen molar-refractivity contribution in [3.63, 3.8) is 0 Å². The van der Waals surface area contributed by atoms with E-state index in [0.29, 0.717) is 22.1 Å². The Morgan fingerprint density at radius 3 is 2.30 bits per heavy atom. The van der Waals surface area contributed by atoms with Crippen LogP contribution in [0.25, 0.3) is 0 Å². The third-order valence-corrected chi connectivity index (χ3v) is 3.43. The van der Waals surface area contributed by atoms with Crippen LogP contribution in [0.3, 0.4) is 0 Å². The summed E-state index contributed by atoms with van der Waals surface area (Å²) in [5, 5.41) is 6.31. The molecule has 0 aliphatic rings. The van der Waals surface area contributed by atoms with E-state index in [2.05, 4.69) is 10.6 Å². The summed E-state index contributed by atoms with van der Waals surface area (Å²) in [6.07, 6.45) is 0. The van der Waals surface area contributed by atoms with Crippen LogP contribution in [0.15, 0.2) is 42.5 Å². The number of rotatable bonds is 4. The molecule has 2 rings (SSSR count). The topological polar surface area (TPSA) is 59.6 Å². The first kappa shape index (κ1) is 17.1. The van der Waals surface area contributed by atoms with Gasteiger partial charge in [-0.1, -0.05) is 11.6 Å². The summed E-state index contributed by atoms with van der Waals surface area (Å²) in [4.78, 5) is 12.2. The smallest absolute Gasteiger partial charge is 0.257 e. The van der Waals surface area contributed by atoms with Crippen molar-refractivity contribution in [3.8, 4) is 11.5 Å². The van der Waals surface area contributed by atoms with E-state index in [-0.39, 0.29) is 11.0 Å². The lowest BCUT2D eigenvalue weighted by Crippen LogP contribution is -2.34. The molecule has 7 heteroatoms. The molecule has 0 fully saturated rings. The van der Waals surface area contributed by atoms with Crippen molar-refractivity contribution in [1.82, 2.24) is 5.32 Å². The van der Waals surface area contributed by atoms with Crippen molar-refractivity contribution in [3.05, 3.63) is 53.1 Å². The summed E-state index contributed by atoms with van der Waals surface area (Å²) in [5.74, 6) is 0.667. The highest BCUT2D eigenvalue weighted by Crippen LogP contribution is 2.27. The summed E-state index contributed by atoms with van der Waals surface area (Å²) in [5.41, 5.74) is 1.13. The molecule has 0 saturated carbocycles. The number of nitrogens with one attached hydrogen (secondary N) is 2. The Bertz CT molecular complexity index is 720. The molecule has 0 aromatic heterocycles. The first-order chi connectivity index (χ1) is 11.0. The average Bonchev–Trinajstić information content (AvgIpc) is 2.56. The molecule has 0 saturated heterocycles. The number of thiocarbonyl (C=S) groups is 1. The normalized spacial score (nSPS) is 9.87. The van der Waals surface area contributed by atoms with Crippen LogP contribution in [-0.4, -0.2) is 25.2 Å². The molecule has 0 aliphatic carbocycles. The maximum absolute atomic E-state index is 12.2. The number of hydrogen-bond acceptors (Lipinski definition) is 4. The minimum Gasteiger partial charge on any atom is -0.493 e. The molecule has 0 aliphatic heterocycles. The Kier molecular flexibility index (Phi) is 5.78. The molecule has 2 aromatic carbocycles. The van der Waals surface area contributed by atoms with Crippen molar-refractivity contribution in [2.75, 3.05) is 19.5 Å². The summed E-state index contributed by atoms with van der Waals surface area (Å²) < 4.78 is 10.3. The SMILES string of the molecule is COc1ccc(C(=O)NC(=S)Nc2ccc(Cl)cc2)cc1OC. The Morgan fingerprint density at radius 2 is 1.70 bits per heavy atom. The molecular formula is C16H15ClN2O3S. The molecule has 120 valence electrons. The van der Waals surface area contributed by atoms with E-state index < -0.39 is 0 Å². The fourth-order valence-electron chi connectivity index (χ4n) is 1.85. The zero-order valence-electron chi connectivity index (χ0n) is 12.6. The van der Waals surface area contributed by atoms with E-state index in [9.17, 15) is 4.79 Å². The molecule has 0 spiro atoms. The molecule has 0 unspecified atom stereocenters. The minimum absolute atomic E-state index is 0.187. The third-order valence-electron chi connectivity index (χ3n) is 2.97. The zero-order valence-corrected chi connectivity index (χ0v) is 14.1. The van der Waals surface area contributed by atoms with Gasteiger partial charge in [-0.05, 0) is 54.7 Å². The lowest BCUT2D eigenvalue weighted by Gasteiger charge is -2.11. The van der Waals surface area contributed by atoms with Crippen molar-refractivity contribution in [2.45, 2.75) is 0 Å². The molecule has 0 bridgehead atoms. The molecule has 5 nitrogen and oxygen atoms in total. The highest BCUT2D eigenvalue weighted by Gasteiger charge is 2.12. The van der Waals surface area contributed by atoms with Gasteiger partial charge in [-0.25, -0.2) is 0 Å². The van der Waals surface area contributed by atoms with Gasteiger partial charge in [0.2, 0.25) is 0 Å². The second-order valence-corrected chi connectivity index (χ2v) is 5.33. The predicted octanol–water partition coefficient (Wildman–Crippen LogP) is 3.48. The van der Waals surface area contributed by atoms with E-state index in [1.165, 1.54) is 14.2 Å². The van der Waals surface area contributed by atoms with Crippen LogP contribution < -0.4 is 20.1 Å². The third kappa shape index (κ3) is 4.58.